The van der Waals surface area contributed by atoms with Crippen LogP contribution in [0.4, 0.5) is 11.6 Å². The molecule has 6 nitrogen and oxygen atoms in total. The number of pyridine rings is 1. The molecule has 0 aliphatic rings. The van der Waals surface area contributed by atoms with Crippen LogP contribution < -0.4 is 5.32 Å². The van der Waals surface area contributed by atoms with Crippen LogP contribution in [0.25, 0.3) is 16.8 Å². The zero-order chi connectivity index (χ0) is 19.7. The highest BCUT2D eigenvalue weighted by atomic mass is 16.2. The molecule has 0 unspecified atom stereocenters. The van der Waals surface area contributed by atoms with Gasteiger partial charge in [0.05, 0.1) is 0 Å². The van der Waals surface area contributed by atoms with Gasteiger partial charge in [0.15, 0.2) is 5.65 Å². The summed E-state index contributed by atoms with van der Waals surface area (Å²) in [5.41, 5.74) is 5.58. The predicted molar refractivity (Wildman–Crippen MR) is 111 cm³/mol. The number of anilines is 2. The van der Waals surface area contributed by atoms with Gasteiger partial charge in [-0.25, -0.2) is 4.52 Å². The molecule has 1 amide bonds. The van der Waals surface area contributed by atoms with Gasteiger partial charge in [-0.05, 0) is 48.9 Å². The Hall–Kier alpha value is -3.67. The van der Waals surface area contributed by atoms with E-state index in [1.807, 2.05) is 36.5 Å². The Morgan fingerprint density at radius 1 is 1.04 bits per heavy atom. The second kappa shape index (κ2) is 7.15. The average Bonchev–Trinajstić information content (AvgIpc) is 3.10. The Morgan fingerprint density at radius 2 is 1.82 bits per heavy atom. The van der Waals surface area contributed by atoms with E-state index < -0.39 is 0 Å². The van der Waals surface area contributed by atoms with Crippen LogP contribution in [0.15, 0.2) is 66.9 Å². The van der Waals surface area contributed by atoms with Gasteiger partial charge in [-0.2, -0.15) is 4.98 Å². The Labute approximate surface area is 163 Å². The second-order valence-electron chi connectivity index (χ2n) is 6.90. The molecular weight excluding hydrogens is 350 g/mol. The number of fused-ring (bicyclic) bond motifs is 1. The number of amides is 1. The fourth-order valence-electron chi connectivity index (χ4n) is 3.08. The zero-order valence-electron chi connectivity index (χ0n) is 16.0. The fraction of sp³-hybridized carbons (Fsp3) is 0.136. The first-order valence-corrected chi connectivity index (χ1v) is 9.02. The van der Waals surface area contributed by atoms with Crippen molar-refractivity contribution >= 4 is 23.2 Å². The summed E-state index contributed by atoms with van der Waals surface area (Å²) in [5, 5.41) is 7.73. The quantitative estimate of drug-likeness (QED) is 0.585. The molecule has 0 saturated heterocycles. The van der Waals surface area contributed by atoms with Gasteiger partial charge in [-0.3, -0.25) is 4.79 Å². The molecule has 140 valence electrons. The van der Waals surface area contributed by atoms with Crippen LogP contribution in [0.3, 0.4) is 0 Å². The van der Waals surface area contributed by atoms with Crippen molar-refractivity contribution in [1.82, 2.24) is 19.5 Å². The number of benzene rings is 2. The van der Waals surface area contributed by atoms with E-state index in [0.717, 1.165) is 22.5 Å². The molecule has 0 atom stereocenters. The highest BCUT2D eigenvalue weighted by Gasteiger charge is 2.11. The lowest BCUT2D eigenvalue weighted by Gasteiger charge is -2.10. The molecule has 2 heterocycles. The highest BCUT2D eigenvalue weighted by Crippen LogP contribution is 2.25. The molecule has 2 aromatic carbocycles. The number of carbonyl (C=O) groups excluding carboxylic acids is 1. The third-order valence-corrected chi connectivity index (χ3v) is 4.49. The molecule has 28 heavy (non-hydrogen) atoms. The SMILES string of the molecule is Cc1cccc(-c2cccn3nc(Nc4ccc(C(=O)N(C)C)cc4)nc23)c1. The summed E-state index contributed by atoms with van der Waals surface area (Å²) in [6, 6.07) is 19.6. The lowest BCUT2D eigenvalue weighted by molar-refractivity contribution is 0.0827. The summed E-state index contributed by atoms with van der Waals surface area (Å²) in [6.45, 7) is 2.07. The van der Waals surface area contributed by atoms with Crippen molar-refractivity contribution < 1.29 is 4.79 Å². The molecule has 0 fully saturated rings. The molecule has 6 heteroatoms. The summed E-state index contributed by atoms with van der Waals surface area (Å²) in [7, 11) is 3.47. The van der Waals surface area contributed by atoms with E-state index in [2.05, 4.69) is 40.5 Å². The Morgan fingerprint density at radius 3 is 2.54 bits per heavy atom. The van der Waals surface area contributed by atoms with E-state index in [-0.39, 0.29) is 5.91 Å². The van der Waals surface area contributed by atoms with Crippen molar-refractivity contribution in [2.75, 3.05) is 19.4 Å². The zero-order valence-corrected chi connectivity index (χ0v) is 16.0. The van der Waals surface area contributed by atoms with Gasteiger partial charge >= 0.3 is 0 Å². The maximum absolute atomic E-state index is 12.0. The van der Waals surface area contributed by atoms with Gasteiger partial charge in [0.2, 0.25) is 5.95 Å². The van der Waals surface area contributed by atoms with Crippen LogP contribution in [0.5, 0.6) is 0 Å². The van der Waals surface area contributed by atoms with E-state index in [1.165, 1.54) is 5.56 Å². The van der Waals surface area contributed by atoms with Crippen molar-refractivity contribution in [2.24, 2.45) is 0 Å². The number of aromatic nitrogens is 3. The molecule has 4 aromatic rings. The average molecular weight is 371 g/mol. The smallest absolute Gasteiger partial charge is 0.253 e. The lowest BCUT2D eigenvalue weighted by atomic mass is 10.1. The van der Waals surface area contributed by atoms with Crippen LogP contribution in [0, 0.1) is 6.92 Å². The molecule has 0 radical (unpaired) electrons. The van der Waals surface area contributed by atoms with E-state index in [9.17, 15) is 4.79 Å². The first-order valence-electron chi connectivity index (χ1n) is 9.02. The van der Waals surface area contributed by atoms with Crippen LogP contribution in [-0.4, -0.2) is 39.5 Å². The van der Waals surface area contributed by atoms with Crippen LogP contribution in [0.1, 0.15) is 15.9 Å². The third-order valence-electron chi connectivity index (χ3n) is 4.49. The first-order chi connectivity index (χ1) is 13.5. The van der Waals surface area contributed by atoms with Gasteiger partial charge in [-0.1, -0.05) is 29.8 Å². The van der Waals surface area contributed by atoms with E-state index in [0.29, 0.717) is 11.5 Å². The predicted octanol–water partition coefficient (Wildman–Crippen LogP) is 4.15. The number of rotatable bonds is 4. The minimum Gasteiger partial charge on any atom is -0.345 e. The molecule has 0 spiro atoms. The molecule has 4 rings (SSSR count). The lowest BCUT2D eigenvalue weighted by Crippen LogP contribution is -2.21. The van der Waals surface area contributed by atoms with Gasteiger partial charge in [0, 0.05) is 37.1 Å². The summed E-state index contributed by atoms with van der Waals surface area (Å²) in [4.78, 5) is 18.2. The van der Waals surface area contributed by atoms with Gasteiger partial charge in [0.25, 0.3) is 5.91 Å². The summed E-state index contributed by atoms with van der Waals surface area (Å²) >= 11 is 0. The maximum atomic E-state index is 12.0. The number of aryl methyl sites for hydroxylation is 1. The molecule has 0 aliphatic heterocycles. The fourth-order valence-corrected chi connectivity index (χ4v) is 3.08. The minimum absolute atomic E-state index is 0.0276. The van der Waals surface area contributed by atoms with Gasteiger partial charge in [0.1, 0.15) is 0 Å². The van der Waals surface area contributed by atoms with Crippen LogP contribution in [-0.2, 0) is 0 Å². The number of hydrogen-bond acceptors (Lipinski definition) is 4. The number of carbonyl (C=O) groups is 1. The number of hydrogen-bond donors (Lipinski definition) is 1. The van der Waals surface area contributed by atoms with Crippen LogP contribution >= 0.6 is 0 Å². The van der Waals surface area contributed by atoms with Crippen molar-refractivity contribution in [2.45, 2.75) is 6.92 Å². The van der Waals surface area contributed by atoms with E-state index in [4.69, 9.17) is 0 Å². The summed E-state index contributed by atoms with van der Waals surface area (Å²) in [5.74, 6) is 0.479. The largest absolute Gasteiger partial charge is 0.345 e. The first kappa shape index (κ1) is 17.7. The Bertz CT molecular complexity index is 1150. The second-order valence-corrected chi connectivity index (χ2v) is 6.90. The monoisotopic (exact) mass is 371 g/mol. The summed E-state index contributed by atoms with van der Waals surface area (Å²) < 4.78 is 1.77. The molecule has 1 N–H and O–H groups in total. The van der Waals surface area contributed by atoms with Crippen molar-refractivity contribution in [3.8, 4) is 11.1 Å². The summed E-state index contributed by atoms with van der Waals surface area (Å²) in [6.07, 6.45) is 1.88. The Balaban J connectivity index is 1.64. The molecule has 0 saturated carbocycles. The van der Waals surface area contributed by atoms with Gasteiger partial charge in [-0.15, -0.1) is 5.10 Å². The number of nitrogens with zero attached hydrogens (tertiary/aromatic N) is 4. The van der Waals surface area contributed by atoms with Crippen molar-refractivity contribution in [3.63, 3.8) is 0 Å². The highest BCUT2D eigenvalue weighted by molar-refractivity contribution is 5.94. The van der Waals surface area contributed by atoms with Crippen molar-refractivity contribution in [3.05, 3.63) is 78.0 Å². The Kier molecular flexibility index (Phi) is 4.53. The number of nitrogens with one attached hydrogen (secondary N) is 1. The molecule has 0 aliphatic carbocycles. The van der Waals surface area contributed by atoms with Crippen molar-refractivity contribution in [1.29, 1.82) is 0 Å². The standard InChI is InChI=1S/C22H21N5O/c1-15-6-4-7-17(14-15)19-8-5-13-27-20(19)24-22(25-27)23-18-11-9-16(10-12-18)21(28)26(2)3/h4-14H,1-3H3,(H,23,25). The third kappa shape index (κ3) is 3.44. The topological polar surface area (TPSA) is 62.5 Å². The maximum Gasteiger partial charge on any atom is 0.253 e. The normalized spacial score (nSPS) is 10.8. The molecule has 0 bridgehead atoms. The van der Waals surface area contributed by atoms with E-state index >= 15 is 0 Å². The molecular formula is C22H21N5O. The van der Waals surface area contributed by atoms with Gasteiger partial charge < -0.3 is 10.2 Å². The molecule has 2 aromatic heterocycles. The minimum atomic E-state index is -0.0276. The van der Waals surface area contributed by atoms with E-state index in [1.54, 1.807) is 35.6 Å². The van der Waals surface area contributed by atoms with Crippen LogP contribution in [0.2, 0.25) is 0 Å².